The van der Waals surface area contributed by atoms with Gasteiger partial charge >= 0.3 is 0 Å². The number of hydrogen-bond acceptors (Lipinski definition) is 2. The first kappa shape index (κ1) is 13.4. The van der Waals surface area contributed by atoms with Crippen LogP contribution in [0, 0.1) is 6.92 Å². The fraction of sp³-hybridized carbons (Fsp3) is 0.188. The van der Waals surface area contributed by atoms with Crippen LogP contribution in [0.1, 0.15) is 22.8 Å². The highest BCUT2D eigenvalue weighted by Gasteiger charge is 2.63. The summed E-state index contributed by atoms with van der Waals surface area (Å²) in [5, 5.41) is 3.25. The minimum absolute atomic E-state index is 0.418. The van der Waals surface area contributed by atoms with Crippen LogP contribution in [0.4, 0.5) is 0 Å². The molecule has 21 heavy (non-hydrogen) atoms. The second kappa shape index (κ2) is 5.05. The summed E-state index contributed by atoms with van der Waals surface area (Å²) in [5.41, 5.74) is 10.1. The molecule has 2 aromatic rings. The van der Waals surface area contributed by atoms with Crippen LogP contribution in [-0.4, -0.2) is 5.91 Å². The molecule has 0 aromatic heterocycles. The molecule has 0 bridgehead atoms. The predicted molar refractivity (Wildman–Crippen MR) is 77.3 cm³/mol. The molecule has 3 rings (SSSR count). The summed E-state index contributed by atoms with van der Waals surface area (Å²) in [6, 6.07) is 16.9. The third-order valence-electron chi connectivity index (χ3n) is 3.65. The van der Waals surface area contributed by atoms with E-state index in [1.54, 1.807) is 12.1 Å². The number of hydrogen-bond donors (Lipinski definition) is 0. The minimum atomic E-state index is -1.19. The lowest BCUT2D eigenvalue weighted by Gasteiger charge is -2.09. The van der Waals surface area contributed by atoms with Gasteiger partial charge in [0.25, 0.3) is 5.91 Å². The van der Waals surface area contributed by atoms with Gasteiger partial charge in [-0.15, -0.1) is 0 Å². The summed E-state index contributed by atoms with van der Waals surface area (Å²) in [6.07, 6.45) is -0.418. The van der Waals surface area contributed by atoms with Crippen LogP contribution in [-0.2, 0) is 15.1 Å². The van der Waals surface area contributed by atoms with Crippen LogP contribution in [0.15, 0.2) is 59.7 Å². The molecule has 0 N–H and O–H groups in total. The van der Waals surface area contributed by atoms with Crippen molar-refractivity contribution in [2.45, 2.75) is 18.6 Å². The molecule has 1 fully saturated rings. The Bertz CT molecular complexity index is 721. The smallest absolute Gasteiger partial charge is 0.258 e. The summed E-state index contributed by atoms with van der Waals surface area (Å²) in [4.78, 5) is 14.8. The molecule has 2 unspecified atom stereocenters. The summed E-state index contributed by atoms with van der Waals surface area (Å²) in [5.74, 6) is -0.609. The Morgan fingerprint density at radius 2 is 1.86 bits per heavy atom. The van der Waals surface area contributed by atoms with E-state index in [-0.39, 0.29) is 0 Å². The highest BCUT2D eigenvalue weighted by molar-refractivity contribution is 5.91. The Morgan fingerprint density at radius 1 is 1.19 bits per heavy atom. The maximum Gasteiger partial charge on any atom is 0.258 e. The third-order valence-corrected chi connectivity index (χ3v) is 3.65. The number of nitrogens with zero attached hydrogens (tertiary/aromatic N) is 3. The number of amides is 1. The summed E-state index contributed by atoms with van der Waals surface area (Å²) in [7, 11) is 0. The lowest BCUT2D eigenvalue weighted by molar-refractivity contribution is -0.123. The number of epoxide rings is 1. The zero-order chi connectivity index (χ0) is 14.9. The number of rotatable bonds is 3. The lowest BCUT2D eigenvalue weighted by atomic mass is 9.91. The van der Waals surface area contributed by atoms with Gasteiger partial charge in [0.15, 0.2) is 5.60 Å². The maximum atomic E-state index is 12.2. The van der Waals surface area contributed by atoms with Gasteiger partial charge in [0.1, 0.15) is 6.10 Å². The van der Waals surface area contributed by atoms with Crippen LogP contribution in [0.2, 0.25) is 0 Å². The Hall–Kier alpha value is -2.62. The Balaban J connectivity index is 2.03. The minimum Gasteiger partial charge on any atom is -0.347 e. The first-order valence-corrected chi connectivity index (χ1v) is 6.58. The van der Waals surface area contributed by atoms with E-state index >= 15 is 0 Å². The van der Waals surface area contributed by atoms with E-state index in [0.29, 0.717) is 5.56 Å². The van der Waals surface area contributed by atoms with Crippen LogP contribution < -0.4 is 0 Å². The van der Waals surface area contributed by atoms with Crippen LogP contribution in [0.25, 0.3) is 10.4 Å². The SMILES string of the molecule is Cc1ccc(C2OC2(C(=O)N=[N+]=[N-])c2ccccc2)cc1. The van der Waals surface area contributed by atoms with Gasteiger partial charge < -0.3 is 4.74 Å². The molecule has 5 nitrogen and oxygen atoms in total. The van der Waals surface area contributed by atoms with Gasteiger partial charge in [-0.3, -0.25) is 4.79 Å². The van der Waals surface area contributed by atoms with Gasteiger partial charge in [0.2, 0.25) is 0 Å². The summed E-state index contributed by atoms with van der Waals surface area (Å²) < 4.78 is 5.72. The molecule has 2 atom stereocenters. The number of carbonyl (C=O) groups excluding carboxylic acids is 1. The Morgan fingerprint density at radius 3 is 2.48 bits per heavy atom. The lowest BCUT2D eigenvalue weighted by Crippen LogP contribution is -2.20. The van der Waals surface area contributed by atoms with E-state index in [2.05, 4.69) is 10.0 Å². The third kappa shape index (κ3) is 2.18. The molecule has 0 radical (unpaired) electrons. The second-order valence-electron chi connectivity index (χ2n) is 5.00. The van der Waals surface area contributed by atoms with Gasteiger partial charge in [-0.2, -0.15) is 0 Å². The molecule has 1 aliphatic heterocycles. The molecular formula is C16H13N3O2. The van der Waals surface area contributed by atoms with E-state index in [1.807, 2.05) is 49.4 Å². The van der Waals surface area contributed by atoms with Crippen molar-refractivity contribution in [3.8, 4) is 0 Å². The zero-order valence-electron chi connectivity index (χ0n) is 11.4. The number of ether oxygens (including phenoxy) is 1. The van der Waals surface area contributed by atoms with Crippen molar-refractivity contribution in [1.82, 2.24) is 0 Å². The molecule has 104 valence electrons. The first-order chi connectivity index (χ1) is 10.2. The number of azide groups is 1. The molecule has 1 amide bonds. The molecule has 0 saturated carbocycles. The van der Waals surface area contributed by atoms with Gasteiger partial charge in [-0.1, -0.05) is 60.2 Å². The fourth-order valence-electron chi connectivity index (χ4n) is 2.50. The maximum absolute atomic E-state index is 12.2. The van der Waals surface area contributed by atoms with E-state index in [4.69, 9.17) is 10.3 Å². The first-order valence-electron chi connectivity index (χ1n) is 6.58. The van der Waals surface area contributed by atoms with E-state index in [9.17, 15) is 4.79 Å². The molecule has 0 spiro atoms. The van der Waals surface area contributed by atoms with Gasteiger partial charge in [0.05, 0.1) is 0 Å². The van der Waals surface area contributed by atoms with Gasteiger partial charge in [-0.25, -0.2) is 0 Å². The largest absolute Gasteiger partial charge is 0.347 e. The predicted octanol–water partition coefficient (Wildman–Crippen LogP) is 3.80. The second-order valence-corrected chi connectivity index (χ2v) is 5.00. The van der Waals surface area contributed by atoms with Gasteiger partial charge in [0, 0.05) is 4.91 Å². The van der Waals surface area contributed by atoms with Gasteiger partial charge in [-0.05, 0) is 28.7 Å². The van der Waals surface area contributed by atoms with Crippen molar-refractivity contribution < 1.29 is 9.53 Å². The zero-order valence-corrected chi connectivity index (χ0v) is 11.4. The van der Waals surface area contributed by atoms with Crippen LogP contribution >= 0.6 is 0 Å². The highest BCUT2D eigenvalue weighted by atomic mass is 16.6. The fourth-order valence-corrected chi connectivity index (χ4v) is 2.50. The Labute approximate surface area is 121 Å². The van der Waals surface area contributed by atoms with Crippen LogP contribution in [0.3, 0.4) is 0 Å². The number of aryl methyl sites for hydroxylation is 1. The number of carbonyl (C=O) groups is 1. The molecule has 2 aromatic carbocycles. The van der Waals surface area contributed by atoms with Crippen molar-refractivity contribution in [2.75, 3.05) is 0 Å². The quantitative estimate of drug-likeness (QED) is 0.371. The van der Waals surface area contributed by atoms with Crippen LogP contribution in [0.5, 0.6) is 0 Å². The molecule has 1 saturated heterocycles. The molecule has 5 heteroatoms. The molecule has 1 aliphatic rings. The molecule has 1 heterocycles. The van der Waals surface area contributed by atoms with Crippen molar-refractivity contribution in [3.63, 3.8) is 0 Å². The average Bonchev–Trinajstić information content (AvgIpc) is 3.26. The summed E-state index contributed by atoms with van der Waals surface area (Å²) in [6.45, 7) is 1.99. The topological polar surface area (TPSA) is 78.4 Å². The molecule has 0 aliphatic carbocycles. The normalized spacial score (nSPS) is 23.2. The monoisotopic (exact) mass is 279 g/mol. The van der Waals surface area contributed by atoms with Crippen molar-refractivity contribution in [1.29, 1.82) is 0 Å². The van der Waals surface area contributed by atoms with Crippen molar-refractivity contribution >= 4 is 5.91 Å². The Kier molecular flexibility index (Phi) is 3.22. The van der Waals surface area contributed by atoms with E-state index in [1.165, 1.54) is 0 Å². The summed E-state index contributed by atoms with van der Waals surface area (Å²) >= 11 is 0. The van der Waals surface area contributed by atoms with Crippen molar-refractivity contribution in [2.24, 2.45) is 5.11 Å². The van der Waals surface area contributed by atoms with Crippen molar-refractivity contribution in [3.05, 3.63) is 81.7 Å². The molecular weight excluding hydrogens is 266 g/mol. The van der Waals surface area contributed by atoms with E-state index < -0.39 is 17.6 Å². The average molecular weight is 279 g/mol. The standard InChI is InChI=1S/C16H13N3O2/c1-11-7-9-12(10-8-11)14-16(21-14,15(20)18-19-17)13-5-3-2-4-6-13/h2-10,14H,1H3. The van der Waals surface area contributed by atoms with E-state index in [0.717, 1.165) is 11.1 Å². The highest BCUT2D eigenvalue weighted by Crippen LogP contribution is 2.57. The number of benzene rings is 2.